The van der Waals surface area contributed by atoms with Gasteiger partial charge in [-0.25, -0.2) is 9.38 Å². The zero-order valence-electron chi connectivity index (χ0n) is 19.1. The molecule has 0 saturated heterocycles. The topological polar surface area (TPSA) is 92.3 Å². The van der Waals surface area contributed by atoms with Crippen molar-refractivity contribution in [2.24, 2.45) is 10.7 Å². The van der Waals surface area contributed by atoms with Gasteiger partial charge in [0, 0.05) is 52.4 Å². The number of amidine groups is 1. The van der Waals surface area contributed by atoms with Gasteiger partial charge in [-0.2, -0.15) is 5.10 Å². The van der Waals surface area contributed by atoms with Gasteiger partial charge in [0.15, 0.2) is 0 Å². The van der Waals surface area contributed by atoms with Gasteiger partial charge in [-0.05, 0) is 68.3 Å². The minimum Gasteiger partial charge on any atom is -0.351 e. The van der Waals surface area contributed by atoms with Crippen LogP contribution in [0.3, 0.4) is 0 Å². The van der Waals surface area contributed by atoms with Crippen molar-refractivity contribution in [3.8, 4) is 0 Å². The third-order valence-corrected chi connectivity index (χ3v) is 6.30. The van der Waals surface area contributed by atoms with Crippen LogP contribution in [0.25, 0.3) is 5.57 Å². The maximum atomic E-state index is 14.1. The molecule has 2 aliphatic rings. The second kappa shape index (κ2) is 8.87. The summed E-state index contributed by atoms with van der Waals surface area (Å²) < 4.78 is 16.0. The third kappa shape index (κ3) is 4.44. The van der Waals surface area contributed by atoms with Crippen molar-refractivity contribution in [1.82, 2.24) is 20.4 Å². The van der Waals surface area contributed by atoms with Crippen molar-refractivity contribution in [1.29, 1.82) is 0 Å². The summed E-state index contributed by atoms with van der Waals surface area (Å²) in [5, 5.41) is 14.7. The Morgan fingerprint density at radius 3 is 2.82 bits per heavy atom. The lowest BCUT2D eigenvalue weighted by atomic mass is 10.00. The number of benzene rings is 2. The second-order valence-corrected chi connectivity index (χ2v) is 9.36. The van der Waals surface area contributed by atoms with Crippen molar-refractivity contribution in [2.75, 3.05) is 11.9 Å². The Kier molecular flexibility index (Phi) is 5.89. The molecule has 3 aromatic rings. The van der Waals surface area contributed by atoms with Gasteiger partial charge in [0.1, 0.15) is 11.7 Å². The predicted octanol–water partition coefficient (Wildman–Crippen LogP) is 4.13. The minimum atomic E-state index is -1.40. The summed E-state index contributed by atoms with van der Waals surface area (Å²) in [5.74, 6) is -1.33. The highest BCUT2D eigenvalue weighted by molar-refractivity contribution is 6.30. The molecule has 7 nitrogen and oxygen atoms in total. The number of nitrogens with zero attached hydrogens (tertiary/aromatic N) is 3. The zero-order chi connectivity index (χ0) is 23.9. The average Bonchev–Trinajstić information content (AvgIpc) is 3.29. The molecule has 176 valence electrons. The average molecular weight is 480 g/mol. The van der Waals surface area contributed by atoms with Crippen molar-refractivity contribution in [3.63, 3.8) is 0 Å². The van der Waals surface area contributed by atoms with Crippen LogP contribution >= 0.6 is 11.6 Å². The van der Waals surface area contributed by atoms with Crippen LogP contribution in [0.5, 0.6) is 0 Å². The smallest absolute Gasteiger partial charge is 0.211 e. The SMILES string of the molecule is CC(C)n1cc(C2=CNC(N)(c3cc(F)cc(Cl)c3)N=C2Nc2ccc3c(c2)CNCC3)cn1. The molecule has 2 aliphatic heterocycles. The molecule has 2 aromatic carbocycles. The van der Waals surface area contributed by atoms with Crippen LogP contribution < -0.4 is 21.7 Å². The number of halogens is 2. The summed E-state index contributed by atoms with van der Waals surface area (Å²) in [6.45, 7) is 5.94. The number of hydrogen-bond donors (Lipinski definition) is 4. The molecule has 1 aromatic heterocycles. The number of hydrogen-bond acceptors (Lipinski definition) is 6. The van der Waals surface area contributed by atoms with Crippen molar-refractivity contribution < 1.29 is 4.39 Å². The first kappa shape index (κ1) is 22.6. The van der Waals surface area contributed by atoms with E-state index in [0.717, 1.165) is 36.3 Å². The van der Waals surface area contributed by atoms with Gasteiger partial charge in [0.05, 0.1) is 6.20 Å². The molecule has 0 amide bonds. The van der Waals surface area contributed by atoms with E-state index in [1.807, 2.05) is 16.9 Å². The van der Waals surface area contributed by atoms with E-state index in [4.69, 9.17) is 22.3 Å². The van der Waals surface area contributed by atoms with Crippen LogP contribution in [0.4, 0.5) is 10.1 Å². The largest absolute Gasteiger partial charge is 0.351 e. The molecule has 0 fully saturated rings. The van der Waals surface area contributed by atoms with Crippen LogP contribution in [-0.2, 0) is 18.8 Å². The third-order valence-electron chi connectivity index (χ3n) is 6.08. The van der Waals surface area contributed by atoms with E-state index in [1.165, 1.54) is 23.3 Å². The highest BCUT2D eigenvalue weighted by Gasteiger charge is 2.32. The Morgan fingerprint density at radius 1 is 1.21 bits per heavy atom. The van der Waals surface area contributed by atoms with Gasteiger partial charge in [0.25, 0.3) is 0 Å². The van der Waals surface area contributed by atoms with E-state index in [9.17, 15) is 4.39 Å². The zero-order valence-corrected chi connectivity index (χ0v) is 19.8. The predicted molar refractivity (Wildman–Crippen MR) is 134 cm³/mol. The Hall–Kier alpha value is -3.20. The van der Waals surface area contributed by atoms with Gasteiger partial charge in [-0.3, -0.25) is 10.4 Å². The van der Waals surface area contributed by atoms with Gasteiger partial charge in [-0.15, -0.1) is 0 Å². The molecule has 1 atom stereocenters. The van der Waals surface area contributed by atoms with Gasteiger partial charge >= 0.3 is 0 Å². The van der Waals surface area contributed by atoms with E-state index in [1.54, 1.807) is 18.5 Å². The molecule has 0 saturated carbocycles. The maximum Gasteiger partial charge on any atom is 0.211 e. The van der Waals surface area contributed by atoms with Crippen LogP contribution in [0.1, 0.15) is 42.1 Å². The van der Waals surface area contributed by atoms with E-state index >= 15 is 0 Å². The molecular weight excluding hydrogens is 453 g/mol. The van der Waals surface area contributed by atoms with Gasteiger partial charge in [-0.1, -0.05) is 17.7 Å². The first-order chi connectivity index (χ1) is 16.3. The lowest BCUT2D eigenvalue weighted by Gasteiger charge is -2.32. The standard InChI is InChI=1S/C25H27ClFN7/c1-15(2)34-14-18(12-31-34)23-13-30-25(28,19-8-20(26)10-21(27)9-19)33-24(23)32-22-4-3-16-5-6-29-11-17(16)7-22/h3-4,7-10,12-15,29-30H,5-6,11,28H2,1-2H3,(H,32,33). The summed E-state index contributed by atoms with van der Waals surface area (Å²) in [5.41, 5.74) is 12.2. The summed E-state index contributed by atoms with van der Waals surface area (Å²) in [6, 6.07) is 10.7. The molecule has 5 rings (SSSR count). The normalized spacial score (nSPS) is 19.8. The fraction of sp³-hybridized carbons (Fsp3) is 0.280. The molecule has 0 spiro atoms. The fourth-order valence-electron chi connectivity index (χ4n) is 4.21. The number of anilines is 1. The summed E-state index contributed by atoms with van der Waals surface area (Å²) in [7, 11) is 0. The number of nitrogens with one attached hydrogen (secondary N) is 3. The highest BCUT2D eigenvalue weighted by atomic mass is 35.5. The minimum absolute atomic E-state index is 0.218. The van der Waals surface area contributed by atoms with Crippen LogP contribution in [0, 0.1) is 5.82 Å². The van der Waals surface area contributed by atoms with Gasteiger partial charge in [0.2, 0.25) is 5.79 Å². The number of aromatic nitrogens is 2. The number of aliphatic imine (C=N–C) groups is 1. The number of rotatable bonds is 4. The first-order valence-electron chi connectivity index (χ1n) is 11.3. The lowest BCUT2D eigenvalue weighted by Crippen LogP contribution is -2.50. The van der Waals surface area contributed by atoms with Crippen molar-refractivity contribution >= 4 is 28.7 Å². The number of nitrogens with two attached hydrogens (primary N) is 1. The molecule has 34 heavy (non-hydrogen) atoms. The van der Waals surface area contributed by atoms with Crippen LogP contribution in [0.2, 0.25) is 5.02 Å². The molecule has 3 heterocycles. The Labute approximate surface area is 202 Å². The molecule has 0 bridgehead atoms. The van der Waals surface area contributed by atoms with E-state index < -0.39 is 11.6 Å². The first-order valence-corrected chi connectivity index (χ1v) is 11.7. The van der Waals surface area contributed by atoms with E-state index in [2.05, 4.69) is 47.0 Å². The quantitative estimate of drug-likeness (QED) is 0.451. The summed E-state index contributed by atoms with van der Waals surface area (Å²) in [4.78, 5) is 4.81. The van der Waals surface area contributed by atoms with E-state index in [0.29, 0.717) is 11.4 Å². The van der Waals surface area contributed by atoms with E-state index in [-0.39, 0.29) is 11.1 Å². The van der Waals surface area contributed by atoms with Crippen molar-refractivity contribution in [2.45, 2.75) is 38.6 Å². The Morgan fingerprint density at radius 2 is 2.06 bits per heavy atom. The Bertz CT molecular complexity index is 1280. The van der Waals surface area contributed by atoms with Gasteiger partial charge < -0.3 is 16.0 Å². The monoisotopic (exact) mass is 479 g/mol. The molecule has 1 unspecified atom stereocenters. The summed E-state index contributed by atoms with van der Waals surface area (Å²) in [6.07, 6.45) is 6.56. The van der Waals surface area contributed by atoms with Crippen LogP contribution in [0.15, 0.2) is 60.0 Å². The molecule has 5 N–H and O–H groups in total. The second-order valence-electron chi connectivity index (χ2n) is 8.93. The Balaban J connectivity index is 1.55. The summed E-state index contributed by atoms with van der Waals surface area (Å²) >= 11 is 6.10. The fourth-order valence-corrected chi connectivity index (χ4v) is 4.43. The van der Waals surface area contributed by atoms with Crippen molar-refractivity contribution in [3.05, 3.63) is 88.1 Å². The lowest BCUT2D eigenvalue weighted by molar-refractivity contribution is 0.409. The molecular formula is C25H27ClFN7. The number of fused-ring (bicyclic) bond motifs is 1. The maximum absolute atomic E-state index is 14.1. The molecule has 0 aliphatic carbocycles. The highest BCUT2D eigenvalue weighted by Crippen LogP contribution is 2.30. The molecule has 9 heteroatoms. The molecule has 0 radical (unpaired) electrons. The van der Waals surface area contributed by atoms with Crippen LogP contribution in [-0.4, -0.2) is 22.2 Å².